The van der Waals surface area contributed by atoms with Gasteiger partial charge in [-0.25, -0.2) is 9.59 Å². The predicted octanol–water partition coefficient (Wildman–Crippen LogP) is 1.44. The SMILES string of the molecule is O=C(O)c1cccc2[nH]c(=O)n(C3CCN(C4CC4)C3)c12. The Bertz CT molecular complexity index is 772. The molecule has 2 aromatic rings. The maximum Gasteiger partial charge on any atom is 0.337 e. The molecule has 21 heavy (non-hydrogen) atoms. The summed E-state index contributed by atoms with van der Waals surface area (Å²) in [5.74, 6) is -0.995. The minimum atomic E-state index is -0.995. The Morgan fingerprint density at radius 3 is 2.76 bits per heavy atom. The van der Waals surface area contributed by atoms with Crippen LogP contribution in [0.1, 0.15) is 35.7 Å². The van der Waals surface area contributed by atoms with Crippen molar-refractivity contribution < 1.29 is 9.90 Å². The first-order valence-electron chi connectivity index (χ1n) is 7.35. The Morgan fingerprint density at radius 2 is 2.05 bits per heavy atom. The summed E-state index contributed by atoms with van der Waals surface area (Å²) < 4.78 is 1.65. The third-order valence-corrected chi connectivity index (χ3v) is 4.59. The van der Waals surface area contributed by atoms with Gasteiger partial charge in [-0.3, -0.25) is 9.47 Å². The van der Waals surface area contributed by atoms with Crippen LogP contribution in [0, 0.1) is 0 Å². The highest BCUT2D eigenvalue weighted by Gasteiger charge is 2.36. The van der Waals surface area contributed by atoms with Crippen molar-refractivity contribution in [1.82, 2.24) is 14.5 Å². The number of fused-ring (bicyclic) bond motifs is 1. The molecule has 110 valence electrons. The van der Waals surface area contributed by atoms with Gasteiger partial charge in [-0.15, -0.1) is 0 Å². The fraction of sp³-hybridized carbons (Fsp3) is 0.467. The summed E-state index contributed by atoms with van der Waals surface area (Å²) in [7, 11) is 0. The molecule has 2 aliphatic rings. The second-order valence-electron chi connectivity index (χ2n) is 5.98. The molecule has 6 nitrogen and oxygen atoms in total. The van der Waals surface area contributed by atoms with E-state index in [2.05, 4.69) is 9.88 Å². The fourth-order valence-electron chi connectivity index (χ4n) is 3.45. The first-order chi connectivity index (χ1) is 10.1. The Morgan fingerprint density at radius 1 is 1.24 bits per heavy atom. The second-order valence-corrected chi connectivity index (χ2v) is 5.98. The number of aromatic carboxylic acids is 1. The van der Waals surface area contributed by atoms with Crippen LogP contribution < -0.4 is 5.69 Å². The smallest absolute Gasteiger partial charge is 0.337 e. The lowest BCUT2D eigenvalue weighted by Crippen LogP contribution is -2.27. The largest absolute Gasteiger partial charge is 0.478 e. The van der Waals surface area contributed by atoms with Gasteiger partial charge in [0.15, 0.2) is 0 Å². The van der Waals surface area contributed by atoms with E-state index in [0.717, 1.165) is 19.5 Å². The monoisotopic (exact) mass is 287 g/mol. The molecule has 0 amide bonds. The standard InChI is InChI=1S/C15H17N3O3/c19-14(20)11-2-1-3-12-13(11)18(15(21)16-12)10-6-7-17(8-10)9-4-5-9/h1-3,9-10H,4-8H2,(H,16,21)(H,19,20). The number of hydrogen-bond donors (Lipinski definition) is 2. The molecule has 2 fully saturated rings. The molecule has 0 radical (unpaired) electrons. The Kier molecular flexibility index (Phi) is 2.68. The summed E-state index contributed by atoms with van der Waals surface area (Å²) in [6.07, 6.45) is 3.39. The van der Waals surface area contributed by atoms with Crippen LogP contribution in [0.15, 0.2) is 23.0 Å². The number of carboxylic acids is 1. The summed E-state index contributed by atoms with van der Waals surface area (Å²) in [5.41, 5.74) is 1.11. The third kappa shape index (κ3) is 1.98. The van der Waals surface area contributed by atoms with E-state index in [4.69, 9.17) is 0 Å². The molecule has 4 rings (SSSR count). The van der Waals surface area contributed by atoms with Gasteiger partial charge >= 0.3 is 11.7 Å². The van der Waals surface area contributed by atoms with Crippen LogP contribution >= 0.6 is 0 Å². The first-order valence-corrected chi connectivity index (χ1v) is 7.35. The van der Waals surface area contributed by atoms with Crippen molar-refractivity contribution in [2.24, 2.45) is 0 Å². The molecule has 1 aromatic heterocycles. The van der Waals surface area contributed by atoms with E-state index in [1.54, 1.807) is 22.8 Å². The van der Waals surface area contributed by atoms with Crippen molar-refractivity contribution in [3.8, 4) is 0 Å². The van der Waals surface area contributed by atoms with Crippen LogP contribution in [0.5, 0.6) is 0 Å². The maximum atomic E-state index is 12.3. The molecule has 1 saturated heterocycles. The molecule has 1 unspecified atom stereocenters. The molecule has 2 N–H and O–H groups in total. The average molecular weight is 287 g/mol. The van der Waals surface area contributed by atoms with E-state index in [0.29, 0.717) is 17.1 Å². The van der Waals surface area contributed by atoms with Crippen LogP contribution in [0.4, 0.5) is 0 Å². The van der Waals surface area contributed by atoms with E-state index >= 15 is 0 Å². The number of nitrogens with one attached hydrogen (secondary N) is 1. The number of carbonyl (C=O) groups is 1. The van der Waals surface area contributed by atoms with E-state index in [1.807, 2.05) is 0 Å². The molecule has 0 spiro atoms. The number of carboxylic acid groups (broad SMARTS) is 1. The summed E-state index contributed by atoms with van der Waals surface area (Å²) in [5, 5.41) is 9.37. The number of H-pyrrole nitrogens is 1. The first kappa shape index (κ1) is 12.6. The van der Waals surface area contributed by atoms with Gasteiger partial charge in [0.25, 0.3) is 0 Å². The molecule has 1 aliphatic carbocycles. The average Bonchev–Trinajstić information content (AvgIpc) is 3.09. The quantitative estimate of drug-likeness (QED) is 0.895. The van der Waals surface area contributed by atoms with Crippen molar-refractivity contribution in [1.29, 1.82) is 0 Å². The Hall–Kier alpha value is -2.08. The van der Waals surface area contributed by atoms with Crippen LogP contribution in [0.2, 0.25) is 0 Å². The second kappa shape index (κ2) is 4.46. The lowest BCUT2D eigenvalue weighted by atomic mass is 10.1. The topological polar surface area (TPSA) is 78.3 Å². The highest BCUT2D eigenvalue weighted by atomic mass is 16.4. The Balaban J connectivity index is 1.82. The van der Waals surface area contributed by atoms with Gasteiger partial charge in [0.2, 0.25) is 0 Å². The summed E-state index contributed by atoms with van der Waals surface area (Å²) >= 11 is 0. The Labute approximate surface area is 121 Å². The zero-order chi connectivity index (χ0) is 14.6. The number of aromatic amines is 1. The van der Waals surface area contributed by atoms with Gasteiger partial charge in [-0.1, -0.05) is 6.07 Å². The number of aromatic nitrogens is 2. The van der Waals surface area contributed by atoms with Crippen LogP contribution in [-0.2, 0) is 0 Å². The van der Waals surface area contributed by atoms with Crippen molar-refractivity contribution in [2.75, 3.05) is 13.1 Å². The van der Waals surface area contributed by atoms with Crippen LogP contribution in [-0.4, -0.2) is 44.7 Å². The normalized spacial score (nSPS) is 23.0. The minimum Gasteiger partial charge on any atom is -0.478 e. The molecule has 2 heterocycles. The molecule has 6 heteroatoms. The van der Waals surface area contributed by atoms with Gasteiger partial charge in [-0.2, -0.15) is 0 Å². The number of nitrogens with zero attached hydrogens (tertiary/aromatic N) is 2. The molecule has 1 aliphatic heterocycles. The summed E-state index contributed by atoms with van der Waals surface area (Å²) in [6, 6.07) is 5.72. The van der Waals surface area contributed by atoms with Gasteiger partial charge < -0.3 is 10.1 Å². The number of likely N-dealkylation sites (tertiary alicyclic amines) is 1. The molecule has 1 atom stereocenters. The van der Waals surface area contributed by atoms with Crippen molar-refractivity contribution >= 4 is 17.0 Å². The zero-order valence-electron chi connectivity index (χ0n) is 11.6. The van der Waals surface area contributed by atoms with E-state index in [1.165, 1.54) is 12.8 Å². The number of imidazole rings is 1. The molecule has 1 aromatic carbocycles. The van der Waals surface area contributed by atoms with Gasteiger partial charge in [0, 0.05) is 19.1 Å². The van der Waals surface area contributed by atoms with Crippen molar-refractivity contribution in [3.63, 3.8) is 0 Å². The van der Waals surface area contributed by atoms with Crippen LogP contribution in [0.25, 0.3) is 11.0 Å². The summed E-state index contributed by atoms with van der Waals surface area (Å²) in [6.45, 7) is 1.83. The number of hydrogen-bond acceptors (Lipinski definition) is 3. The highest BCUT2D eigenvalue weighted by molar-refractivity contribution is 6.01. The van der Waals surface area contributed by atoms with Crippen molar-refractivity contribution in [3.05, 3.63) is 34.2 Å². The van der Waals surface area contributed by atoms with E-state index < -0.39 is 5.97 Å². The third-order valence-electron chi connectivity index (χ3n) is 4.59. The maximum absolute atomic E-state index is 12.3. The number of para-hydroxylation sites is 1. The molecule has 1 saturated carbocycles. The number of benzene rings is 1. The zero-order valence-corrected chi connectivity index (χ0v) is 11.6. The van der Waals surface area contributed by atoms with Gasteiger partial charge in [0.05, 0.1) is 22.6 Å². The van der Waals surface area contributed by atoms with E-state index in [-0.39, 0.29) is 17.3 Å². The number of rotatable bonds is 3. The van der Waals surface area contributed by atoms with E-state index in [9.17, 15) is 14.7 Å². The predicted molar refractivity (Wildman–Crippen MR) is 77.8 cm³/mol. The lowest BCUT2D eigenvalue weighted by Gasteiger charge is -2.16. The molecular weight excluding hydrogens is 270 g/mol. The highest BCUT2D eigenvalue weighted by Crippen LogP contribution is 2.34. The van der Waals surface area contributed by atoms with Gasteiger partial charge in [0.1, 0.15) is 0 Å². The van der Waals surface area contributed by atoms with Crippen LogP contribution in [0.3, 0.4) is 0 Å². The lowest BCUT2D eigenvalue weighted by molar-refractivity contribution is 0.0698. The van der Waals surface area contributed by atoms with Gasteiger partial charge in [-0.05, 0) is 31.4 Å². The minimum absolute atomic E-state index is 0.0624. The fourth-order valence-corrected chi connectivity index (χ4v) is 3.45. The summed E-state index contributed by atoms with van der Waals surface area (Å²) in [4.78, 5) is 28.9. The molecular formula is C15H17N3O3. The molecule has 0 bridgehead atoms. The van der Waals surface area contributed by atoms with Crippen molar-refractivity contribution in [2.45, 2.75) is 31.3 Å².